The van der Waals surface area contributed by atoms with Crippen molar-refractivity contribution in [3.63, 3.8) is 0 Å². The van der Waals surface area contributed by atoms with Crippen molar-refractivity contribution in [3.05, 3.63) is 29.8 Å². The zero-order valence-corrected chi connectivity index (χ0v) is 10.7. The number of rotatable bonds is 7. The molecule has 1 aromatic carbocycles. The van der Waals surface area contributed by atoms with Crippen molar-refractivity contribution in [2.24, 2.45) is 0 Å². The predicted molar refractivity (Wildman–Crippen MR) is 72.1 cm³/mol. The summed E-state index contributed by atoms with van der Waals surface area (Å²) in [6, 6.07) is 8.31. The minimum atomic E-state index is 0.591. The van der Waals surface area contributed by atoms with E-state index in [1.54, 1.807) is 0 Å². The number of thioether (sulfide) groups is 1. The summed E-state index contributed by atoms with van der Waals surface area (Å²) in [6.45, 7) is 3.25. The van der Waals surface area contributed by atoms with Crippen LogP contribution in [-0.2, 0) is 5.88 Å². The van der Waals surface area contributed by atoms with E-state index in [9.17, 15) is 0 Å². The van der Waals surface area contributed by atoms with Crippen LogP contribution in [0, 0.1) is 0 Å². The Balaban J connectivity index is 2.20. The highest BCUT2D eigenvalue weighted by Gasteiger charge is 1.93. The molecule has 0 aliphatic heterocycles. The van der Waals surface area contributed by atoms with Gasteiger partial charge in [-0.25, -0.2) is 0 Å². The van der Waals surface area contributed by atoms with Gasteiger partial charge >= 0.3 is 0 Å². The molecular weight excluding hydrogens is 226 g/mol. The average Bonchev–Trinajstić information content (AvgIpc) is 2.30. The summed E-state index contributed by atoms with van der Waals surface area (Å²) in [5.74, 6) is 3.04. The van der Waals surface area contributed by atoms with Gasteiger partial charge in [-0.1, -0.05) is 19.1 Å². The molecule has 0 radical (unpaired) electrons. The molecule has 0 saturated heterocycles. The van der Waals surface area contributed by atoms with Crippen LogP contribution in [0.15, 0.2) is 24.3 Å². The summed E-state index contributed by atoms with van der Waals surface area (Å²) < 4.78 is 0. The summed E-state index contributed by atoms with van der Waals surface area (Å²) in [4.78, 5) is 0. The van der Waals surface area contributed by atoms with E-state index in [0.29, 0.717) is 5.88 Å². The molecule has 0 aliphatic rings. The van der Waals surface area contributed by atoms with Crippen LogP contribution < -0.4 is 5.32 Å². The Labute approximate surface area is 102 Å². The monoisotopic (exact) mass is 243 g/mol. The van der Waals surface area contributed by atoms with E-state index in [0.717, 1.165) is 6.54 Å². The van der Waals surface area contributed by atoms with Crippen molar-refractivity contribution in [2.45, 2.75) is 19.2 Å². The van der Waals surface area contributed by atoms with Crippen molar-refractivity contribution in [1.29, 1.82) is 0 Å². The molecule has 15 heavy (non-hydrogen) atoms. The third kappa shape index (κ3) is 5.33. The van der Waals surface area contributed by atoms with Crippen LogP contribution in [0.25, 0.3) is 0 Å². The van der Waals surface area contributed by atoms with E-state index in [2.05, 4.69) is 36.5 Å². The Hall–Kier alpha value is -0.340. The van der Waals surface area contributed by atoms with Gasteiger partial charge in [-0.2, -0.15) is 11.8 Å². The SMILES string of the molecule is CCSCCCNc1ccc(CCl)cc1. The fourth-order valence-corrected chi connectivity index (χ4v) is 2.08. The normalized spacial score (nSPS) is 10.3. The first kappa shape index (κ1) is 12.7. The first-order chi connectivity index (χ1) is 7.36. The lowest BCUT2D eigenvalue weighted by Crippen LogP contribution is -2.02. The smallest absolute Gasteiger partial charge is 0.0474 e. The quantitative estimate of drug-likeness (QED) is 0.574. The molecule has 0 aliphatic carbocycles. The molecule has 84 valence electrons. The average molecular weight is 244 g/mol. The maximum atomic E-state index is 5.72. The molecule has 0 fully saturated rings. The van der Waals surface area contributed by atoms with Gasteiger partial charge in [-0.3, -0.25) is 0 Å². The molecule has 1 N–H and O–H groups in total. The Morgan fingerprint density at radius 1 is 1.27 bits per heavy atom. The first-order valence-electron chi connectivity index (χ1n) is 5.33. The Morgan fingerprint density at radius 3 is 2.60 bits per heavy atom. The number of hydrogen-bond acceptors (Lipinski definition) is 2. The van der Waals surface area contributed by atoms with E-state index >= 15 is 0 Å². The van der Waals surface area contributed by atoms with E-state index < -0.39 is 0 Å². The van der Waals surface area contributed by atoms with Crippen molar-refractivity contribution >= 4 is 29.1 Å². The minimum absolute atomic E-state index is 0.591. The maximum Gasteiger partial charge on any atom is 0.0474 e. The van der Waals surface area contributed by atoms with Crippen LogP contribution in [0.1, 0.15) is 18.9 Å². The summed E-state index contributed by atoms with van der Waals surface area (Å²) in [6.07, 6.45) is 1.22. The molecule has 0 bridgehead atoms. The molecule has 0 unspecified atom stereocenters. The topological polar surface area (TPSA) is 12.0 Å². The molecule has 3 heteroatoms. The van der Waals surface area contributed by atoms with E-state index in [1.807, 2.05) is 11.8 Å². The van der Waals surface area contributed by atoms with Crippen LogP contribution in [0.5, 0.6) is 0 Å². The highest BCUT2D eigenvalue weighted by molar-refractivity contribution is 7.99. The molecule has 1 rings (SSSR count). The standard InChI is InChI=1S/C12H18ClNS/c1-2-15-9-3-8-14-12-6-4-11(10-13)5-7-12/h4-7,14H,2-3,8-10H2,1H3. The second kappa shape index (κ2) is 7.89. The Bertz CT molecular complexity index is 261. The third-order valence-electron chi connectivity index (χ3n) is 2.11. The van der Waals surface area contributed by atoms with Gasteiger partial charge in [0.15, 0.2) is 0 Å². The van der Waals surface area contributed by atoms with Crippen LogP contribution in [-0.4, -0.2) is 18.1 Å². The number of halogens is 1. The van der Waals surface area contributed by atoms with Gasteiger partial charge in [0.05, 0.1) is 0 Å². The van der Waals surface area contributed by atoms with Gasteiger partial charge in [0.1, 0.15) is 0 Å². The fourth-order valence-electron chi connectivity index (χ4n) is 1.26. The minimum Gasteiger partial charge on any atom is -0.385 e. The summed E-state index contributed by atoms with van der Waals surface area (Å²) in [5, 5.41) is 3.40. The molecular formula is C12H18ClNS. The molecule has 1 aromatic rings. The third-order valence-corrected chi connectivity index (χ3v) is 3.40. The molecule has 0 spiro atoms. The lowest BCUT2D eigenvalue weighted by molar-refractivity contribution is 0.991. The lowest BCUT2D eigenvalue weighted by Gasteiger charge is -2.06. The van der Waals surface area contributed by atoms with Gasteiger partial charge in [-0.15, -0.1) is 11.6 Å². The van der Waals surface area contributed by atoms with Gasteiger partial charge in [0.25, 0.3) is 0 Å². The van der Waals surface area contributed by atoms with Crippen LogP contribution in [0.3, 0.4) is 0 Å². The number of benzene rings is 1. The van der Waals surface area contributed by atoms with Crippen molar-refractivity contribution in [1.82, 2.24) is 0 Å². The first-order valence-corrected chi connectivity index (χ1v) is 7.02. The number of alkyl halides is 1. The van der Waals surface area contributed by atoms with Gasteiger partial charge in [0, 0.05) is 18.1 Å². The van der Waals surface area contributed by atoms with Crippen LogP contribution in [0.4, 0.5) is 5.69 Å². The number of nitrogens with one attached hydrogen (secondary N) is 1. The largest absolute Gasteiger partial charge is 0.385 e. The van der Waals surface area contributed by atoms with E-state index in [-0.39, 0.29) is 0 Å². The second-order valence-corrected chi connectivity index (χ2v) is 4.97. The molecule has 1 nitrogen and oxygen atoms in total. The molecule has 0 amide bonds. The van der Waals surface area contributed by atoms with Gasteiger partial charge < -0.3 is 5.32 Å². The van der Waals surface area contributed by atoms with Crippen molar-refractivity contribution < 1.29 is 0 Å². The number of anilines is 1. The van der Waals surface area contributed by atoms with Crippen molar-refractivity contribution in [3.8, 4) is 0 Å². The zero-order chi connectivity index (χ0) is 10.9. The maximum absolute atomic E-state index is 5.72. The van der Waals surface area contributed by atoms with Crippen LogP contribution >= 0.6 is 23.4 Å². The highest BCUT2D eigenvalue weighted by atomic mass is 35.5. The second-order valence-electron chi connectivity index (χ2n) is 3.31. The van der Waals surface area contributed by atoms with Crippen LogP contribution in [0.2, 0.25) is 0 Å². The summed E-state index contributed by atoms with van der Waals surface area (Å²) >= 11 is 7.71. The zero-order valence-electron chi connectivity index (χ0n) is 9.13. The molecule has 0 aromatic heterocycles. The van der Waals surface area contributed by atoms with Gasteiger partial charge in [0.2, 0.25) is 0 Å². The predicted octanol–water partition coefficient (Wildman–Crippen LogP) is 3.98. The summed E-state index contributed by atoms with van der Waals surface area (Å²) in [7, 11) is 0. The van der Waals surface area contributed by atoms with Gasteiger partial charge in [-0.05, 0) is 35.6 Å². The fraction of sp³-hybridized carbons (Fsp3) is 0.500. The Kier molecular flexibility index (Phi) is 6.69. The van der Waals surface area contributed by atoms with E-state index in [4.69, 9.17) is 11.6 Å². The highest BCUT2D eigenvalue weighted by Crippen LogP contribution is 2.11. The number of hydrogen-bond donors (Lipinski definition) is 1. The van der Waals surface area contributed by atoms with E-state index in [1.165, 1.54) is 29.2 Å². The lowest BCUT2D eigenvalue weighted by atomic mass is 10.2. The molecule has 0 saturated carbocycles. The Morgan fingerprint density at radius 2 is 2.00 bits per heavy atom. The van der Waals surface area contributed by atoms with Crippen molar-refractivity contribution in [2.75, 3.05) is 23.4 Å². The summed E-state index contributed by atoms with van der Waals surface area (Å²) in [5.41, 5.74) is 2.36. The molecule has 0 atom stereocenters. The molecule has 0 heterocycles.